The van der Waals surface area contributed by atoms with E-state index in [1.54, 1.807) is 39.0 Å². The first kappa shape index (κ1) is 24.9. The zero-order chi connectivity index (χ0) is 23.3. The lowest BCUT2D eigenvalue weighted by molar-refractivity contribution is -0.132. The average Bonchev–Trinajstić information content (AvgIpc) is 2.93. The van der Waals surface area contributed by atoms with E-state index >= 15 is 0 Å². The molecule has 0 aliphatic carbocycles. The molecule has 7 nitrogen and oxygen atoms in total. The third kappa shape index (κ3) is 6.89. The lowest BCUT2D eigenvalue weighted by atomic mass is 10.1. The van der Waals surface area contributed by atoms with Gasteiger partial charge in [0.1, 0.15) is 6.17 Å². The summed E-state index contributed by atoms with van der Waals surface area (Å²) in [4.78, 5) is 30.0. The van der Waals surface area contributed by atoms with Crippen molar-refractivity contribution in [3.63, 3.8) is 0 Å². The molecule has 1 unspecified atom stereocenters. The van der Waals surface area contributed by atoms with E-state index in [1.807, 2.05) is 0 Å². The number of aliphatic hydroxyl groups excluding tert-OH is 2. The summed E-state index contributed by atoms with van der Waals surface area (Å²) in [5.74, 6) is -0.343. The maximum atomic E-state index is 13.4. The number of nitrogens with zero attached hydrogens (tertiary/aromatic N) is 3. The lowest BCUT2D eigenvalue weighted by Crippen LogP contribution is -2.49. The summed E-state index contributed by atoms with van der Waals surface area (Å²) in [5.41, 5.74) is 0.741. The first-order valence-corrected chi connectivity index (χ1v) is 11.4. The summed E-state index contributed by atoms with van der Waals surface area (Å²) in [5, 5.41) is 20.9. The highest BCUT2D eigenvalue weighted by Gasteiger charge is 2.30. The van der Waals surface area contributed by atoms with Crippen molar-refractivity contribution in [1.29, 1.82) is 0 Å². The van der Waals surface area contributed by atoms with E-state index in [9.17, 15) is 24.2 Å². The topological polar surface area (TPSA) is 84.3 Å². The van der Waals surface area contributed by atoms with E-state index in [0.29, 0.717) is 36.2 Å². The number of carbonyl (C=O) groups excluding carboxylic acids is 2. The van der Waals surface area contributed by atoms with Crippen molar-refractivity contribution in [2.75, 3.05) is 45.8 Å². The van der Waals surface area contributed by atoms with E-state index in [1.165, 1.54) is 6.08 Å². The highest BCUT2D eigenvalue weighted by Crippen LogP contribution is 2.23. The van der Waals surface area contributed by atoms with Crippen molar-refractivity contribution in [3.05, 3.63) is 39.9 Å². The molecule has 32 heavy (non-hydrogen) atoms. The molecule has 0 saturated carbocycles. The highest BCUT2D eigenvalue weighted by atomic mass is 35.5. The molecule has 2 aliphatic rings. The number of carbonyl (C=O) groups is 2. The molecule has 176 valence electrons. The minimum absolute atomic E-state index is 0.129. The third-order valence-electron chi connectivity index (χ3n) is 5.75. The predicted molar refractivity (Wildman–Crippen MR) is 121 cm³/mol. The van der Waals surface area contributed by atoms with Gasteiger partial charge in [-0.25, -0.2) is 4.39 Å². The van der Waals surface area contributed by atoms with Crippen molar-refractivity contribution in [1.82, 2.24) is 14.7 Å². The van der Waals surface area contributed by atoms with E-state index < -0.39 is 18.4 Å². The van der Waals surface area contributed by atoms with Gasteiger partial charge < -0.3 is 20.0 Å². The Kier molecular flexibility index (Phi) is 8.90. The van der Waals surface area contributed by atoms with Crippen LogP contribution >= 0.6 is 23.2 Å². The van der Waals surface area contributed by atoms with E-state index in [2.05, 4.69) is 0 Å². The SMILES string of the molecule is O=C(/C=C/c1ccc(Cl)c(Cl)c1)N1CCC(=O)N(CC(O)CN2CC[C@H](F)[C@@H](O)C2)CC1. The fourth-order valence-electron chi connectivity index (χ4n) is 3.91. The molecule has 0 aromatic heterocycles. The fourth-order valence-corrected chi connectivity index (χ4v) is 4.22. The van der Waals surface area contributed by atoms with Crippen LogP contribution in [0.3, 0.4) is 0 Å². The monoisotopic (exact) mass is 487 g/mol. The second-order valence-electron chi connectivity index (χ2n) is 8.21. The Hall–Kier alpha value is -1.71. The van der Waals surface area contributed by atoms with Gasteiger partial charge in [0.25, 0.3) is 0 Å². The fraction of sp³-hybridized carbons (Fsp3) is 0.545. The van der Waals surface area contributed by atoms with Crippen LogP contribution in [-0.4, -0.2) is 101 Å². The first-order chi connectivity index (χ1) is 15.2. The van der Waals surface area contributed by atoms with Crippen LogP contribution in [0.15, 0.2) is 24.3 Å². The number of likely N-dealkylation sites (tertiary alicyclic amines) is 1. The van der Waals surface area contributed by atoms with Gasteiger partial charge in [-0.2, -0.15) is 0 Å². The second kappa shape index (κ2) is 11.4. The Balaban J connectivity index is 1.50. The molecule has 2 fully saturated rings. The van der Waals surface area contributed by atoms with Gasteiger partial charge in [-0.15, -0.1) is 0 Å². The van der Waals surface area contributed by atoms with Crippen molar-refractivity contribution < 1.29 is 24.2 Å². The van der Waals surface area contributed by atoms with Gasteiger partial charge in [-0.3, -0.25) is 14.5 Å². The Bertz CT molecular complexity index is 856. The maximum absolute atomic E-state index is 13.4. The standard InChI is InChI=1S/C22H28Cl2FN3O4/c23-17-3-1-15(11-18(17)24)2-4-21(31)27-8-6-22(32)28(10-9-27)13-16(29)12-26-7-5-19(25)20(30)14-26/h1-4,11,16,19-20,29-30H,5-10,12-14H2/b4-2+/t16?,19-,20-/m0/s1. The Labute approximate surface area is 197 Å². The molecule has 3 rings (SSSR count). The van der Waals surface area contributed by atoms with Crippen LogP contribution < -0.4 is 0 Å². The summed E-state index contributed by atoms with van der Waals surface area (Å²) in [6, 6.07) is 5.07. The second-order valence-corrected chi connectivity index (χ2v) is 9.02. The van der Waals surface area contributed by atoms with Crippen LogP contribution in [0.1, 0.15) is 18.4 Å². The van der Waals surface area contributed by atoms with Crippen LogP contribution in [0.5, 0.6) is 0 Å². The number of halogens is 3. The van der Waals surface area contributed by atoms with E-state index in [-0.39, 0.29) is 44.3 Å². The van der Waals surface area contributed by atoms with Gasteiger partial charge >= 0.3 is 0 Å². The summed E-state index contributed by atoms with van der Waals surface area (Å²) < 4.78 is 13.4. The molecule has 10 heteroatoms. The van der Waals surface area contributed by atoms with Gasteiger partial charge in [0.15, 0.2) is 0 Å². The third-order valence-corrected chi connectivity index (χ3v) is 6.48. The van der Waals surface area contributed by atoms with Crippen LogP contribution in [0.2, 0.25) is 10.0 Å². The number of aliphatic hydroxyl groups is 2. The molecule has 0 radical (unpaired) electrons. The number of rotatable bonds is 6. The molecule has 1 aromatic carbocycles. The van der Waals surface area contributed by atoms with Crippen molar-refractivity contribution in [2.24, 2.45) is 0 Å². The van der Waals surface area contributed by atoms with Gasteiger partial charge in [0, 0.05) is 58.3 Å². The zero-order valence-corrected chi connectivity index (χ0v) is 19.2. The Morgan fingerprint density at radius 1 is 1.19 bits per heavy atom. The first-order valence-electron chi connectivity index (χ1n) is 10.7. The van der Waals surface area contributed by atoms with Crippen LogP contribution in [0.25, 0.3) is 6.08 Å². The van der Waals surface area contributed by atoms with Gasteiger partial charge in [0.05, 0.1) is 22.3 Å². The minimum atomic E-state index is -1.23. The largest absolute Gasteiger partial charge is 0.390 e. The lowest BCUT2D eigenvalue weighted by Gasteiger charge is -2.34. The molecule has 2 amide bonds. The number of hydrogen-bond acceptors (Lipinski definition) is 5. The Morgan fingerprint density at radius 3 is 2.69 bits per heavy atom. The van der Waals surface area contributed by atoms with Crippen LogP contribution in [0, 0.1) is 0 Å². The van der Waals surface area contributed by atoms with Gasteiger partial charge in [0.2, 0.25) is 11.8 Å². The molecule has 1 aromatic rings. The molecule has 3 atom stereocenters. The van der Waals surface area contributed by atoms with Gasteiger partial charge in [-0.05, 0) is 30.2 Å². The molecular weight excluding hydrogens is 460 g/mol. The van der Waals surface area contributed by atoms with Crippen molar-refractivity contribution in [3.8, 4) is 0 Å². The number of amides is 2. The quantitative estimate of drug-likeness (QED) is 0.598. The summed E-state index contributed by atoms with van der Waals surface area (Å²) in [7, 11) is 0. The number of piperidine rings is 1. The summed E-state index contributed by atoms with van der Waals surface area (Å²) in [6.45, 7) is 1.98. The Morgan fingerprint density at radius 2 is 1.97 bits per heavy atom. The molecule has 2 saturated heterocycles. The number of β-amino-alcohol motifs (C(OH)–C–C–N with tert-alkyl or cyclic N) is 2. The summed E-state index contributed by atoms with van der Waals surface area (Å²) >= 11 is 11.9. The van der Waals surface area contributed by atoms with Crippen molar-refractivity contribution >= 4 is 41.1 Å². The van der Waals surface area contributed by atoms with Gasteiger partial charge in [-0.1, -0.05) is 29.3 Å². The highest BCUT2D eigenvalue weighted by molar-refractivity contribution is 6.42. The normalized spacial score (nSPS) is 24.1. The maximum Gasteiger partial charge on any atom is 0.246 e. The molecule has 0 bridgehead atoms. The number of hydrogen-bond donors (Lipinski definition) is 2. The smallest absolute Gasteiger partial charge is 0.246 e. The molecular formula is C22H28Cl2FN3O4. The minimum Gasteiger partial charge on any atom is -0.390 e. The van der Waals surface area contributed by atoms with E-state index in [4.69, 9.17) is 23.2 Å². The van der Waals surface area contributed by atoms with Crippen LogP contribution in [-0.2, 0) is 9.59 Å². The zero-order valence-electron chi connectivity index (χ0n) is 17.7. The average molecular weight is 488 g/mol. The predicted octanol–water partition coefficient (Wildman–Crippen LogP) is 1.83. The molecule has 2 aliphatic heterocycles. The molecule has 2 N–H and O–H groups in total. The number of benzene rings is 1. The van der Waals surface area contributed by atoms with Crippen LogP contribution in [0.4, 0.5) is 4.39 Å². The van der Waals surface area contributed by atoms with Crippen molar-refractivity contribution in [2.45, 2.75) is 31.2 Å². The molecule has 2 heterocycles. The van der Waals surface area contributed by atoms with E-state index in [0.717, 1.165) is 5.56 Å². The number of alkyl halides is 1. The molecule has 0 spiro atoms. The summed E-state index contributed by atoms with van der Waals surface area (Å²) in [6.07, 6.45) is 0.382.